The van der Waals surface area contributed by atoms with Crippen LogP contribution in [-0.2, 0) is 4.79 Å². The normalized spacial score (nSPS) is 17.5. The van der Waals surface area contributed by atoms with E-state index >= 15 is 0 Å². The van der Waals surface area contributed by atoms with Crippen LogP contribution in [0.15, 0.2) is 24.3 Å². The predicted molar refractivity (Wildman–Crippen MR) is 99.2 cm³/mol. The number of benzene rings is 1. The van der Waals surface area contributed by atoms with Gasteiger partial charge < -0.3 is 20.7 Å². The summed E-state index contributed by atoms with van der Waals surface area (Å²) < 4.78 is 29.5. The van der Waals surface area contributed by atoms with E-state index in [4.69, 9.17) is 5.73 Å². The molecule has 3 N–H and O–H groups in total. The van der Waals surface area contributed by atoms with E-state index in [9.17, 15) is 13.6 Å². The van der Waals surface area contributed by atoms with E-state index in [-0.39, 0.29) is 48.6 Å². The average Bonchev–Trinajstić information content (AvgIpc) is 2.93. The zero-order valence-corrected chi connectivity index (χ0v) is 15.6. The standard InChI is InChI=1S/C16H23F2N3O2.2ClH/c1-11(19)6-7-15(22)20-12-8-9-21(10-12)13-4-2-3-5-14(13)23-16(17)18;;/h2-5,11-12,16H,6-10,19H2,1H3,(H,20,22);2*1H. The molecular weight excluding hydrogens is 375 g/mol. The zero-order valence-electron chi connectivity index (χ0n) is 14.0. The summed E-state index contributed by atoms with van der Waals surface area (Å²) in [5.41, 5.74) is 6.26. The van der Waals surface area contributed by atoms with Gasteiger partial charge in [0.15, 0.2) is 0 Å². The molecule has 1 fully saturated rings. The monoisotopic (exact) mass is 399 g/mol. The number of carbonyl (C=O) groups is 1. The smallest absolute Gasteiger partial charge is 0.387 e. The van der Waals surface area contributed by atoms with Gasteiger partial charge in [0.2, 0.25) is 5.91 Å². The van der Waals surface area contributed by atoms with Crippen LogP contribution in [0.3, 0.4) is 0 Å². The third-order valence-corrected chi connectivity index (χ3v) is 3.80. The van der Waals surface area contributed by atoms with E-state index < -0.39 is 6.61 Å². The highest BCUT2D eigenvalue weighted by molar-refractivity contribution is 5.85. The number of nitrogens with one attached hydrogen (secondary N) is 1. The van der Waals surface area contributed by atoms with Gasteiger partial charge in [-0.2, -0.15) is 8.78 Å². The Labute approximate surface area is 159 Å². The predicted octanol–water partition coefficient (Wildman–Crippen LogP) is 2.95. The van der Waals surface area contributed by atoms with Crippen molar-refractivity contribution in [3.8, 4) is 5.75 Å². The maximum Gasteiger partial charge on any atom is 0.387 e. The highest BCUT2D eigenvalue weighted by Gasteiger charge is 2.26. The van der Waals surface area contributed by atoms with Gasteiger partial charge in [0.1, 0.15) is 5.75 Å². The molecule has 0 radical (unpaired) electrons. The van der Waals surface area contributed by atoms with Gasteiger partial charge in [-0.25, -0.2) is 0 Å². The summed E-state index contributed by atoms with van der Waals surface area (Å²) in [6, 6.07) is 6.72. The Kier molecular flexibility index (Phi) is 10.7. The van der Waals surface area contributed by atoms with Crippen molar-refractivity contribution in [1.29, 1.82) is 0 Å². The minimum Gasteiger partial charge on any atom is -0.433 e. The summed E-state index contributed by atoms with van der Waals surface area (Å²) in [5, 5.41) is 2.97. The first-order valence-electron chi connectivity index (χ1n) is 7.79. The highest BCUT2D eigenvalue weighted by Crippen LogP contribution is 2.31. The number of para-hydroxylation sites is 2. The Morgan fingerprint density at radius 1 is 1.40 bits per heavy atom. The molecule has 1 saturated heterocycles. The first kappa shape index (κ1) is 23.7. The number of hydrogen-bond acceptors (Lipinski definition) is 4. The summed E-state index contributed by atoms with van der Waals surface area (Å²) >= 11 is 0. The first-order chi connectivity index (χ1) is 11.0. The lowest BCUT2D eigenvalue weighted by Crippen LogP contribution is -2.37. The van der Waals surface area contributed by atoms with Gasteiger partial charge in [-0.15, -0.1) is 24.8 Å². The van der Waals surface area contributed by atoms with Crippen LogP contribution in [0.2, 0.25) is 0 Å². The van der Waals surface area contributed by atoms with E-state index in [1.807, 2.05) is 11.8 Å². The van der Waals surface area contributed by atoms with Crippen LogP contribution in [0.5, 0.6) is 5.75 Å². The molecule has 0 saturated carbocycles. The Bertz CT molecular complexity index is 536. The number of amides is 1. The van der Waals surface area contributed by atoms with Gasteiger partial charge in [-0.1, -0.05) is 12.1 Å². The van der Waals surface area contributed by atoms with Gasteiger partial charge in [-0.3, -0.25) is 4.79 Å². The van der Waals surface area contributed by atoms with E-state index in [1.165, 1.54) is 6.07 Å². The molecule has 1 aromatic carbocycles. The number of carbonyl (C=O) groups excluding carboxylic acids is 1. The van der Waals surface area contributed by atoms with Crippen LogP contribution in [-0.4, -0.2) is 37.7 Å². The highest BCUT2D eigenvalue weighted by atomic mass is 35.5. The lowest BCUT2D eigenvalue weighted by molar-refractivity contribution is -0.121. The molecule has 1 aliphatic heterocycles. The number of hydrogen-bond donors (Lipinski definition) is 2. The molecule has 1 amide bonds. The third-order valence-electron chi connectivity index (χ3n) is 3.80. The van der Waals surface area contributed by atoms with Crippen molar-refractivity contribution in [1.82, 2.24) is 5.32 Å². The number of anilines is 1. The molecule has 5 nitrogen and oxygen atoms in total. The van der Waals surface area contributed by atoms with Crippen molar-refractivity contribution in [3.63, 3.8) is 0 Å². The summed E-state index contributed by atoms with van der Waals surface area (Å²) in [5.74, 6) is 0.137. The van der Waals surface area contributed by atoms with E-state index in [2.05, 4.69) is 10.1 Å². The molecule has 25 heavy (non-hydrogen) atoms. The van der Waals surface area contributed by atoms with Crippen LogP contribution in [0.25, 0.3) is 0 Å². The molecule has 0 aliphatic carbocycles. The van der Waals surface area contributed by atoms with Crippen LogP contribution in [0.1, 0.15) is 26.2 Å². The molecule has 1 aromatic rings. The SMILES string of the molecule is CC(N)CCC(=O)NC1CCN(c2ccccc2OC(F)F)C1.Cl.Cl. The van der Waals surface area contributed by atoms with Crippen molar-refractivity contribution in [2.75, 3.05) is 18.0 Å². The topological polar surface area (TPSA) is 67.6 Å². The summed E-state index contributed by atoms with van der Waals surface area (Å²) in [4.78, 5) is 13.8. The van der Waals surface area contributed by atoms with Crippen LogP contribution < -0.4 is 20.7 Å². The Morgan fingerprint density at radius 2 is 2.08 bits per heavy atom. The Balaban J connectivity index is 0.00000288. The second-order valence-electron chi connectivity index (χ2n) is 5.86. The van der Waals surface area contributed by atoms with Gasteiger partial charge >= 0.3 is 6.61 Å². The fourth-order valence-electron chi connectivity index (χ4n) is 2.67. The van der Waals surface area contributed by atoms with Gasteiger partial charge in [0.25, 0.3) is 0 Å². The van der Waals surface area contributed by atoms with E-state index in [0.29, 0.717) is 31.6 Å². The molecule has 2 rings (SSSR count). The lowest BCUT2D eigenvalue weighted by Gasteiger charge is -2.22. The molecule has 1 heterocycles. The fraction of sp³-hybridized carbons (Fsp3) is 0.562. The van der Waals surface area contributed by atoms with Crippen molar-refractivity contribution >= 4 is 36.4 Å². The second-order valence-corrected chi connectivity index (χ2v) is 5.86. The molecule has 9 heteroatoms. The minimum atomic E-state index is -2.85. The molecule has 0 bridgehead atoms. The number of ether oxygens (including phenoxy) is 1. The molecule has 144 valence electrons. The van der Waals surface area contributed by atoms with Gasteiger partial charge in [0, 0.05) is 31.6 Å². The number of halogens is 4. The maximum absolute atomic E-state index is 12.5. The molecule has 0 aromatic heterocycles. The first-order valence-corrected chi connectivity index (χ1v) is 7.79. The zero-order chi connectivity index (χ0) is 16.8. The van der Waals surface area contributed by atoms with Gasteiger partial charge in [0.05, 0.1) is 5.69 Å². The Hall–Kier alpha value is -1.31. The molecule has 1 aliphatic rings. The largest absolute Gasteiger partial charge is 0.433 e. The second kappa shape index (κ2) is 11.3. The van der Waals surface area contributed by atoms with Crippen LogP contribution >= 0.6 is 24.8 Å². The number of nitrogens with zero attached hydrogens (tertiary/aromatic N) is 1. The minimum absolute atomic E-state index is 0. The Morgan fingerprint density at radius 3 is 2.72 bits per heavy atom. The third kappa shape index (κ3) is 7.63. The lowest BCUT2D eigenvalue weighted by atomic mass is 10.2. The van der Waals surface area contributed by atoms with Crippen molar-refractivity contribution in [2.24, 2.45) is 5.73 Å². The molecular formula is C16H25Cl2F2N3O2. The molecule has 2 unspecified atom stereocenters. The van der Waals surface area contributed by atoms with Crippen molar-refractivity contribution in [3.05, 3.63) is 24.3 Å². The number of rotatable bonds is 7. The summed E-state index contributed by atoms with van der Waals surface area (Å²) in [6.07, 6.45) is 1.82. The van der Waals surface area contributed by atoms with Gasteiger partial charge in [-0.05, 0) is 31.9 Å². The summed E-state index contributed by atoms with van der Waals surface area (Å²) in [6.45, 7) is 0.271. The average molecular weight is 400 g/mol. The van der Waals surface area contributed by atoms with Crippen molar-refractivity contribution in [2.45, 2.75) is 44.9 Å². The van der Waals surface area contributed by atoms with E-state index in [1.54, 1.807) is 18.2 Å². The fourth-order valence-corrected chi connectivity index (χ4v) is 2.67. The summed E-state index contributed by atoms with van der Waals surface area (Å²) in [7, 11) is 0. The molecule has 0 spiro atoms. The van der Waals surface area contributed by atoms with Crippen LogP contribution in [0, 0.1) is 0 Å². The van der Waals surface area contributed by atoms with Crippen molar-refractivity contribution < 1.29 is 18.3 Å². The van der Waals surface area contributed by atoms with Crippen LogP contribution in [0.4, 0.5) is 14.5 Å². The molecule has 2 atom stereocenters. The quantitative estimate of drug-likeness (QED) is 0.739. The number of nitrogens with two attached hydrogens (primary N) is 1. The maximum atomic E-state index is 12.5. The number of alkyl halides is 2. The van der Waals surface area contributed by atoms with E-state index in [0.717, 1.165) is 6.42 Å².